The molecule has 1 aliphatic rings. The molecule has 0 spiro atoms. The van der Waals surface area contributed by atoms with Crippen molar-refractivity contribution < 1.29 is 26.7 Å². The van der Waals surface area contributed by atoms with Crippen molar-refractivity contribution in [3.63, 3.8) is 0 Å². The second-order valence-corrected chi connectivity index (χ2v) is 7.77. The lowest BCUT2D eigenvalue weighted by atomic mass is 9.91. The summed E-state index contributed by atoms with van der Waals surface area (Å²) >= 11 is 0. The van der Waals surface area contributed by atoms with E-state index in [-0.39, 0.29) is 29.2 Å². The predicted molar refractivity (Wildman–Crippen MR) is 106 cm³/mol. The second-order valence-electron chi connectivity index (χ2n) is 7.77. The van der Waals surface area contributed by atoms with E-state index in [9.17, 15) is 26.7 Å². The van der Waals surface area contributed by atoms with Gasteiger partial charge in [-0.1, -0.05) is 6.07 Å². The number of nitrogens with zero attached hydrogens (tertiary/aromatic N) is 4. The van der Waals surface area contributed by atoms with E-state index in [4.69, 9.17) is 0 Å². The molecule has 1 saturated carbocycles. The third-order valence-electron chi connectivity index (χ3n) is 5.42. The van der Waals surface area contributed by atoms with Crippen molar-refractivity contribution in [3.8, 4) is 0 Å². The highest BCUT2D eigenvalue weighted by Gasteiger charge is 2.34. The quantitative estimate of drug-likeness (QED) is 0.551. The van der Waals surface area contributed by atoms with Crippen LogP contribution in [0, 0.1) is 0 Å². The molecule has 3 aromatic heterocycles. The van der Waals surface area contributed by atoms with Gasteiger partial charge in [-0.05, 0) is 37.8 Å². The maximum Gasteiger partial charge on any atom is 0.434 e. The highest BCUT2D eigenvalue weighted by atomic mass is 19.4. The van der Waals surface area contributed by atoms with Crippen LogP contribution in [0.5, 0.6) is 0 Å². The third-order valence-corrected chi connectivity index (χ3v) is 5.42. The van der Waals surface area contributed by atoms with Crippen LogP contribution in [0.1, 0.15) is 41.7 Å². The smallest absolute Gasteiger partial charge is 0.368 e. The largest absolute Gasteiger partial charge is 0.434 e. The van der Waals surface area contributed by atoms with E-state index < -0.39 is 24.8 Å². The molecule has 3 heterocycles. The summed E-state index contributed by atoms with van der Waals surface area (Å²) in [6.45, 7) is -0.571. The van der Waals surface area contributed by atoms with Gasteiger partial charge in [-0.15, -0.1) is 0 Å². The SMILES string of the molecule is O=C(N[C@H]1CC[C@@H](Nc2cccc3nc(C(F)(F)F)cn23)CC1)c1cnn(CC(F)F)c1. The number of halogens is 5. The Balaban J connectivity index is 1.33. The van der Waals surface area contributed by atoms with E-state index in [0.29, 0.717) is 31.5 Å². The third kappa shape index (κ3) is 5.00. The fourth-order valence-electron chi connectivity index (χ4n) is 3.85. The Kier molecular flexibility index (Phi) is 6.02. The van der Waals surface area contributed by atoms with E-state index in [1.54, 1.807) is 12.1 Å². The van der Waals surface area contributed by atoms with Gasteiger partial charge in [0.2, 0.25) is 0 Å². The van der Waals surface area contributed by atoms with Crippen molar-refractivity contribution in [1.82, 2.24) is 24.5 Å². The number of aromatic nitrogens is 4. The summed E-state index contributed by atoms with van der Waals surface area (Å²) < 4.78 is 66.2. The van der Waals surface area contributed by atoms with Gasteiger partial charge in [-0.25, -0.2) is 13.8 Å². The minimum absolute atomic E-state index is 0.0271. The van der Waals surface area contributed by atoms with Crippen molar-refractivity contribution >= 4 is 17.4 Å². The summed E-state index contributed by atoms with van der Waals surface area (Å²) in [5.74, 6) is 0.147. The maximum atomic E-state index is 13.0. The molecule has 172 valence electrons. The van der Waals surface area contributed by atoms with Crippen molar-refractivity contribution in [1.29, 1.82) is 0 Å². The highest BCUT2D eigenvalue weighted by Crippen LogP contribution is 2.30. The van der Waals surface area contributed by atoms with Gasteiger partial charge in [-0.2, -0.15) is 18.3 Å². The molecule has 0 radical (unpaired) electrons. The number of carbonyl (C=O) groups is 1. The summed E-state index contributed by atoms with van der Waals surface area (Å²) in [5, 5.41) is 9.92. The molecule has 32 heavy (non-hydrogen) atoms. The van der Waals surface area contributed by atoms with E-state index >= 15 is 0 Å². The molecule has 0 aliphatic heterocycles. The summed E-state index contributed by atoms with van der Waals surface area (Å²) in [7, 11) is 0. The fourth-order valence-corrected chi connectivity index (χ4v) is 3.85. The predicted octanol–water partition coefficient (Wildman–Crippen LogP) is 3.97. The van der Waals surface area contributed by atoms with Crippen LogP contribution in [0.3, 0.4) is 0 Å². The number of carbonyl (C=O) groups excluding carboxylic acids is 1. The fraction of sp³-hybridized carbons (Fsp3) is 0.450. The van der Waals surface area contributed by atoms with E-state index in [1.165, 1.54) is 22.9 Å². The summed E-state index contributed by atoms with van der Waals surface area (Å²) in [4.78, 5) is 16.0. The number of anilines is 1. The Labute approximate surface area is 179 Å². The molecule has 4 rings (SSSR count). The monoisotopic (exact) mass is 456 g/mol. The number of pyridine rings is 1. The summed E-state index contributed by atoms with van der Waals surface area (Å²) in [6.07, 6.45) is -0.819. The molecule has 1 fully saturated rings. The topological polar surface area (TPSA) is 76.2 Å². The number of amides is 1. The average molecular weight is 456 g/mol. The van der Waals surface area contributed by atoms with E-state index in [1.807, 2.05) is 0 Å². The average Bonchev–Trinajstić information content (AvgIpc) is 3.36. The van der Waals surface area contributed by atoms with Crippen molar-refractivity contribution in [2.75, 3.05) is 5.32 Å². The molecular formula is C20H21F5N6O. The highest BCUT2D eigenvalue weighted by molar-refractivity contribution is 5.93. The Morgan fingerprint density at radius 2 is 1.84 bits per heavy atom. The molecule has 0 atom stereocenters. The number of rotatable bonds is 6. The molecule has 1 aliphatic carbocycles. The standard InChI is InChI=1S/C20H21F5N6O/c21-16(22)11-30-9-12(8-26-30)19(32)28-14-6-4-13(5-7-14)27-17-2-1-3-18-29-15(10-31(17)18)20(23,24)25/h1-3,8-10,13-14,16,27H,4-7,11H2,(H,28,32)/t13-,14+. The Hall–Kier alpha value is -3.18. The van der Waals surface area contributed by atoms with Gasteiger partial charge in [0.25, 0.3) is 12.3 Å². The van der Waals surface area contributed by atoms with Crippen LogP contribution >= 0.6 is 0 Å². The molecule has 0 saturated heterocycles. The number of hydrogen-bond donors (Lipinski definition) is 2. The molecule has 0 bridgehead atoms. The molecule has 12 heteroatoms. The zero-order chi connectivity index (χ0) is 22.9. The van der Waals surface area contributed by atoms with Gasteiger partial charge in [0.1, 0.15) is 18.0 Å². The molecule has 7 nitrogen and oxygen atoms in total. The zero-order valence-electron chi connectivity index (χ0n) is 16.8. The van der Waals surface area contributed by atoms with Crippen LogP contribution in [0.15, 0.2) is 36.8 Å². The van der Waals surface area contributed by atoms with Gasteiger partial charge in [-0.3, -0.25) is 13.9 Å². The van der Waals surface area contributed by atoms with Gasteiger partial charge >= 0.3 is 6.18 Å². The first kappa shape index (κ1) is 22.0. The minimum atomic E-state index is -4.52. The van der Waals surface area contributed by atoms with Crippen molar-refractivity contribution in [2.24, 2.45) is 0 Å². The lowest BCUT2D eigenvalue weighted by Gasteiger charge is -2.30. The number of fused-ring (bicyclic) bond motifs is 1. The van der Waals surface area contributed by atoms with Crippen LogP contribution in [-0.4, -0.2) is 43.6 Å². The van der Waals surface area contributed by atoms with Gasteiger partial charge in [0.15, 0.2) is 5.69 Å². The van der Waals surface area contributed by atoms with E-state index in [0.717, 1.165) is 10.9 Å². The molecule has 1 amide bonds. The van der Waals surface area contributed by atoms with Gasteiger partial charge in [0, 0.05) is 24.5 Å². The number of hydrogen-bond acceptors (Lipinski definition) is 4. The molecule has 2 N–H and O–H groups in total. The number of imidazole rings is 1. The van der Waals surface area contributed by atoms with Crippen LogP contribution in [0.4, 0.5) is 27.8 Å². The first-order valence-electron chi connectivity index (χ1n) is 10.1. The van der Waals surface area contributed by atoms with Crippen LogP contribution in [0.25, 0.3) is 5.65 Å². The molecular weight excluding hydrogens is 435 g/mol. The zero-order valence-corrected chi connectivity index (χ0v) is 16.8. The van der Waals surface area contributed by atoms with Gasteiger partial charge < -0.3 is 10.6 Å². The second kappa shape index (κ2) is 8.75. The molecule has 3 aromatic rings. The Morgan fingerprint density at radius 1 is 1.12 bits per heavy atom. The molecule has 0 aromatic carbocycles. The normalized spacial score (nSPS) is 19.4. The summed E-state index contributed by atoms with van der Waals surface area (Å²) in [5.41, 5.74) is -0.524. The Morgan fingerprint density at radius 3 is 2.53 bits per heavy atom. The van der Waals surface area contributed by atoms with Crippen LogP contribution < -0.4 is 10.6 Å². The lowest BCUT2D eigenvalue weighted by Crippen LogP contribution is -2.40. The molecule has 0 unspecified atom stereocenters. The van der Waals surface area contributed by atoms with Crippen LogP contribution in [0.2, 0.25) is 0 Å². The van der Waals surface area contributed by atoms with E-state index in [2.05, 4.69) is 20.7 Å². The van der Waals surface area contributed by atoms with Crippen molar-refractivity contribution in [3.05, 3.63) is 48.0 Å². The number of nitrogens with one attached hydrogen (secondary N) is 2. The minimum Gasteiger partial charge on any atom is -0.368 e. The number of alkyl halides is 5. The van der Waals surface area contributed by atoms with Crippen LogP contribution in [-0.2, 0) is 12.7 Å². The first-order chi connectivity index (χ1) is 15.2. The first-order valence-corrected chi connectivity index (χ1v) is 10.1. The van der Waals surface area contributed by atoms with Crippen molar-refractivity contribution in [2.45, 2.75) is 56.9 Å². The van der Waals surface area contributed by atoms with Gasteiger partial charge in [0.05, 0.1) is 11.8 Å². The Bertz CT molecular complexity index is 1080. The lowest BCUT2D eigenvalue weighted by molar-refractivity contribution is -0.140. The summed E-state index contributed by atoms with van der Waals surface area (Å²) in [6, 6.07) is 4.79. The maximum absolute atomic E-state index is 13.0.